The highest BCUT2D eigenvalue weighted by atomic mass is 19.1. The smallest absolute Gasteiger partial charge is 0.224 e. The van der Waals surface area contributed by atoms with E-state index < -0.39 is 0 Å². The number of carbonyl (C=O) groups excluding carboxylic acids is 3. The van der Waals surface area contributed by atoms with E-state index in [2.05, 4.69) is 5.32 Å². The number of amides is 3. The van der Waals surface area contributed by atoms with Gasteiger partial charge in [-0.1, -0.05) is 19.1 Å². The number of nitrogens with zero attached hydrogens (tertiary/aromatic N) is 2. The molecule has 1 aliphatic heterocycles. The Hall–Kier alpha value is -2.44. The van der Waals surface area contributed by atoms with Crippen molar-refractivity contribution in [3.8, 4) is 0 Å². The number of nitrogens with one attached hydrogen (secondary N) is 1. The Kier molecular flexibility index (Phi) is 7.76. The maximum atomic E-state index is 13.0. The monoisotopic (exact) mass is 377 g/mol. The second-order valence-corrected chi connectivity index (χ2v) is 6.85. The summed E-state index contributed by atoms with van der Waals surface area (Å²) in [5.74, 6) is -0.355. The van der Waals surface area contributed by atoms with E-state index in [1.165, 1.54) is 19.1 Å². The van der Waals surface area contributed by atoms with Gasteiger partial charge in [0.2, 0.25) is 17.7 Å². The minimum atomic E-state index is -0.291. The molecule has 0 bridgehead atoms. The lowest BCUT2D eigenvalue weighted by Crippen LogP contribution is -2.50. The van der Waals surface area contributed by atoms with E-state index in [1.807, 2.05) is 6.92 Å². The van der Waals surface area contributed by atoms with Crippen molar-refractivity contribution in [2.75, 3.05) is 32.7 Å². The molecule has 3 amide bonds. The van der Waals surface area contributed by atoms with Crippen molar-refractivity contribution in [3.05, 3.63) is 35.6 Å². The Balaban J connectivity index is 1.71. The number of benzene rings is 1. The Bertz CT molecular complexity index is 655. The molecule has 2 rings (SSSR count). The van der Waals surface area contributed by atoms with E-state index in [0.29, 0.717) is 39.1 Å². The summed E-state index contributed by atoms with van der Waals surface area (Å²) >= 11 is 0. The average Bonchev–Trinajstić information content (AvgIpc) is 2.67. The van der Waals surface area contributed by atoms with Gasteiger partial charge in [0.05, 0.1) is 0 Å². The Morgan fingerprint density at radius 3 is 2.22 bits per heavy atom. The molecule has 1 atom stereocenters. The van der Waals surface area contributed by atoms with E-state index >= 15 is 0 Å². The van der Waals surface area contributed by atoms with E-state index in [4.69, 9.17) is 0 Å². The van der Waals surface area contributed by atoms with Crippen LogP contribution in [0.25, 0.3) is 0 Å². The molecule has 1 fully saturated rings. The predicted molar refractivity (Wildman–Crippen MR) is 101 cm³/mol. The average molecular weight is 377 g/mol. The first kappa shape index (κ1) is 20.9. The third kappa shape index (κ3) is 6.34. The molecule has 0 spiro atoms. The van der Waals surface area contributed by atoms with Crippen LogP contribution in [-0.2, 0) is 14.4 Å². The Morgan fingerprint density at radius 2 is 1.67 bits per heavy atom. The predicted octanol–water partition coefficient (Wildman–Crippen LogP) is 1.91. The Labute approximate surface area is 159 Å². The normalized spacial score (nSPS) is 15.4. The Morgan fingerprint density at radius 1 is 1.07 bits per heavy atom. The van der Waals surface area contributed by atoms with Gasteiger partial charge in [-0.25, -0.2) is 4.39 Å². The molecule has 0 radical (unpaired) electrons. The van der Waals surface area contributed by atoms with Gasteiger partial charge < -0.3 is 15.1 Å². The fourth-order valence-corrected chi connectivity index (χ4v) is 3.27. The van der Waals surface area contributed by atoms with Gasteiger partial charge in [0.15, 0.2) is 0 Å². The molecule has 1 aliphatic rings. The van der Waals surface area contributed by atoms with E-state index in [9.17, 15) is 18.8 Å². The van der Waals surface area contributed by atoms with Crippen LogP contribution in [0.1, 0.15) is 44.6 Å². The van der Waals surface area contributed by atoms with Gasteiger partial charge >= 0.3 is 0 Å². The molecule has 6 nitrogen and oxygen atoms in total. The third-order valence-electron chi connectivity index (χ3n) is 5.00. The number of carbonyl (C=O) groups is 3. The molecule has 1 aromatic carbocycles. The summed E-state index contributed by atoms with van der Waals surface area (Å²) in [6.45, 7) is 6.01. The molecule has 1 saturated heterocycles. The van der Waals surface area contributed by atoms with Crippen molar-refractivity contribution in [2.24, 2.45) is 0 Å². The fourth-order valence-electron chi connectivity index (χ4n) is 3.27. The van der Waals surface area contributed by atoms with Crippen LogP contribution in [0.2, 0.25) is 0 Å². The van der Waals surface area contributed by atoms with Gasteiger partial charge in [-0.05, 0) is 30.0 Å². The summed E-state index contributed by atoms with van der Waals surface area (Å²) in [6, 6.07) is 6.23. The first-order valence-electron chi connectivity index (χ1n) is 9.46. The zero-order valence-corrected chi connectivity index (χ0v) is 16.0. The van der Waals surface area contributed by atoms with Crippen molar-refractivity contribution in [2.45, 2.75) is 39.0 Å². The maximum absolute atomic E-state index is 13.0. The molecule has 0 aliphatic carbocycles. The highest BCUT2D eigenvalue weighted by Gasteiger charge is 2.22. The number of rotatable bonds is 7. The summed E-state index contributed by atoms with van der Waals surface area (Å²) in [5.41, 5.74) is 0.938. The van der Waals surface area contributed by atoms with Crippen LogP contribution in [-0.4, -0.2) is 60.2 Å². The lowest BCUT2D eigenvalue weighted by atomic mass is 9.93. The third-order valence-corrected chi connectivity index (χ3v) is 5.00. The first-order valence-corrected chi connectivity index (χ1v) is 9.46. The van der Waals surface area contributed by atoms with Crippen LogP contribution in [0.3, 0.4) is 0 Å². The highest BCUT2D eigenvalue weighted by Crippen LogP contribution is 2.23. The summed E-state index contributed by atoms with van der Waals surface area (Å²) in [7, 11) is 0. The van der Waals surface area contributed by atoms with Gasteiger partial charge in [0.25, 0.3) is 0 Å². The summed E-state index contributed by atoms with van der Waals surface area (Å²) in [5, 5.41) is 2.80. The molecule has 0 aromatic heterocycles. The highest BCUT2D eigenvalue weighted by molar-refractivity contribution is 5.80. The minimum Gasteiger partial charge on any atom is -0.356 e. The van der Waals surface area contributed by atoms with Gasteiger partial charge in [-0.15, -0.1) is 0 Å². The molecule has 27 heavy (non-hydrogen) atoms. The fraction of sp³-hybridized carbons (Fsp3) is 0.550. The van der Waals surface area contributed by atoms with E-state index in [1.54, 1.807) is 21.9 Å². The lowest BCUT2D eigenvalue weighted by Gasteiger charge is -2.34. The second kappa shape index (κ2) is 10.0. The molecular weight excluding hydrogens is 349 g/mol. The maximum Gasteiger partial charge on any atom is 0.224 e. The van der Waals surface area contributed by atoms with Crippen molar-refractivity contribution in [1.29, 1.82) is 0 Å². The van der Waals surface area contributed by atoms with Crippen molar-refractivity contribution in [3.63, 3.8) is 0 Å². The van der Waals surface area contributed by atoms with Crippen LogP contribution in [0.5, 0.6) is 0 Å². The lowest BCUT2D eigenvalue weighted by molar-refractivity contribution is -0.138. The molecule has 1 aromatic rings. The summed E-state index contributed by atoms with van der Waals surface area (Å²) in [4.78, 5) is 39.2. The van der Waals surface area contributed by atoms with Crippen LogP contribution >= 0.6 is 0 Å². The molecule has 1 heterocycles. The molecule has 0 saturated carbocycles. The molecule has 1 unspecified atom stereocenters. The number of hydrogen-bond acceptors (Lipinski definition) is 3. The second-order valence-electron chi connectivity index (χ2n) is 6.85. The van der Waals surface area contributed by atoms with Crippen molar-refractivity contribution in [1.82, 2.24) is 15.1 Å². The van der Waals surface area contributed by atoms with Crippen LogP contribution < -0.4 is 5.32 Å². The van der Waals surface area contributed by atoms with Crippen LogP contribution in [0.15, 0.2) is 24.3 Å². The van der Waals surface area contributed by atoms with Gasteiger partial charge in [0, 0.05) is 52.5 Å². The standard InChI is InChI=1S/C20H28FN3O3/c1-3-16(17-4-6-18(21)7-5-17)14-19(26)22-9-8-20(27)24-12-10-23(11-13-24)15(2)25/h4-7,16H,3,8-14H2,1-2H3,(H,22,26). The molecule has 148 valence electrons. The van der Waals surface area contributed by atoms with Crippen molar-refractivity contribution >= 4 is 17.7 Å². The zero-order valence-electron chi connectivity index (χ0n) is 16.0. The molecule has 1 N–H and O–H groups in total. The number of piperazine rings is 1. The van der Waals surface area contributed by atoms with E-state index in [-0.39, 0.29) is 35.9 Å². The first-order chi connectivity index (χ1) is 12.9. The quantitative estimate of drug-likeness (QED) is 0.789. The number of hydrogen-bond donors (Lipinski definition) is 1. The SMILES string of the molecule is CCC(CC(=O)NCCC(=O)N1CCN(C(C)=O)CC1)c1ccc(F)cc1. The zero-order chi connectivity index (χ0) is 19.8. The number of halogens is 1. The van der Waals surface area contributed by atoms with Gasteiger partial charge in [0.1, 0.15) is 5.82 Å². The molecular formula is C20H28FN3O3. The van der Waals surface area contributed by atoms with Crippen molar-refractivity contribution < 1.29 is 18.8 Å². The van der Waals surface area contributed by atoms with Crippen LogP contribution in [0.4, 0.5) is 4.39 Å². The summed E-state index contributed by atoms with van der Waals surface area (Å²) in [6.07, 6.45) is 1.34. The summed E-state index contributed by atoms with van der Waals surface area (Å²) < 4.78 is 13.0. The van der Waals surface area contributed by atoms with Crippen LogP contribution in [0, 0.1) is 5.82 Å². The topological polar surface area (TPSA) is 69.7 Å². The van der Waals surface area contributed by atoms with Gasteiger partial charge in [-0.3, -0.25) is 14.4 Å². The van der Waals surface area contributed by atoms with E-state index in [0.717, 1.165) is 12.0 Å². The minimum absolute atomic E-state index is 0.0101. The van der Waals surface area contributed by atoms with Gasteiger partial charge in [-0.2, -0.15) is 0 Å². The largest absolute Gasteiger partial charge is 0.356 e. The molecule has 7 heteroatoms.